The van der Waals surface area contributed by atoms with Crippen LogP contribution in [0.3, 0.4) is 0 Å². The molecule has 1 aliphatic rings. The Labute approximate surface area is 141 Å². The number of benzene rings is 1. The van der Waals surface area contributed by atoms with Crippen LogP contribution in [-0.4, -0.2) is 25.7 Å². The zero-order valence-electron chi connectivity index (χ0n) is 13.6. The van der Waals surface area contributed by atoms with Gasteiger partial charge in [0.15, 0.2) is 5.65 Å². The minimum atomic E-state index is -4.12. The van der Waals surface area contributed by atoms with Gasteiger partial charge in [-0.15, -0.1) is 5.10 Å². The van der Waals surface area contributed by atoms with Crippen molar-refractivity contribution in [3.63, 3.8) is 0 Å². The van der Waals surface area contributed by atoms with Crippen LogP contribution in [0, 0.1) is 17.2 Å². The van der Waals surface area contributed by atoms with Gasteiger partial charge >= 0.3 is 6.18 Å². The second-order valence-corrected chi connectivity index (χ2v) is 6.62. The summed E-state index contributed by atoms with van der Waals surface area (Å²) in [5, 5.41) is 18.7. The van der Waals surface area contributed by atoms with Crippen molar-refractivity contribution >= 4 is 22.1 Å². The Morgan fingerprint density at radius 3 is 2.52 bits per heavy atom. The average molecular weight is 347 g/mol. The second-order valence-electron chi connectivity index (χ2n) is 6.62. The largest absolute Gasteiger partial charge is 0.391 e. The lowest BCUT2D eigenvalue weighted by Crippen LogP contribution is -2.28. The van der Waals surface area contributed by atoms with Crippen molar-refractivity contribution in [1.82, 2.24) is 19.6 Å². The molecule has 130 valence electrons. The number of hydrogen-bond acceptors (Lipinski definition) is 3. The van der Waals surface area contributed by atoms with Gasteiger partial charge in [0.05, 0.1) is 23.1 Å². The van der Waals surface area contributed by atoms with Gasteiger partial charge in [0.25, 0.3) is 0 Å². The summed E-state index contributed by atoms with van der Waals surface area (Å²) < 4.78 is 40.8. The molecule has 4 rings (SSSR count). The first-order valence-corrected chi connectivity index (χ1v) is 8.20. The van der Waals surface area contributed by atoms with Crippen LogP contribution >= 0.6 is 0 Å². The maximum absolute atomic E-state index is 12.9. The smallest absolute Gasteiger partial charge is 0.319 e. The Kier molecular flexibility index (Phi) is 3.49. The number of halogens is 3. The first-order valence-electron chi connectivity index (χ1n) is 8.20. The van der Waals surface area contributed by atoms with Crippen molar-refractivity contribution in [3.8, 4) is 6.07 Å². The van der Waals surface area contributed by atoms with E-state index in [1.807, 2.05) is 10.6 Å². The van der Waals surface area contributed by atoms with Crippen LogP contribution in [0.1, 0.15) is 37.3 Å². The molecule has 0 saturated heterocycles. The molecule has 1 aliphatic carbocycles. The van der Waals surface area contributed by atoms with Crippen molar-refractivity contribution in [3.05, 3.63) is 23.8 Å². The quantitative estimate of drug-likeness (QED) is 0.666. The molecule has 0 radical (unpaired) electrons. The van der Waals surface area contributed by atoms with Crippen molar-refractivity contribution < 1.29 is 13.2 Å². The molecule has 0 atom stereocenters. The highest BCUT2D eigenvalue weighted by atomic mass is 19.4. The fourth-order valence-electron chi connectivity index (χ4n) is 3.88. The Morgan fingerprint density at radius 1 is 1.16 bits per heavy atom. The van der Waals surface area contributed by atoms with Crippen molar-refractivity contribution in [1.29, 1.82) is 5.26 Å². The molecule has 0 aliphatic heterocycles. The zero-order chi connectivity index (χ0) is 17.8. The summed E-state index contributed by atoms with van der Waals surface area (Å²) in [4.78, 5) is 1.46. The van der Waals surface area contributed by atoms with Gasteiger partial charge in [-0.3, -0.25) is 0 Å². The van der Waals surface area contributed by atoms with Gasteiger partial charge in [0.1, 0.15) is 5.52 Å². The van der Waals surface area contributed by atoms with Crippen molar-refractivity contribution in [2.24, 2.45) is 13.0 Å². The molecule has 0 N–H and O–H groups in total. The van der Waals surface area contributed by atoms with Gasteiger partial charge in [-0.1, -0.05) is 0 Å². The van der Waals surface area contributed by atoms with E-state index in [1.54, 1.807) is 19.2 Å². The summed E-state index contributed by atoms with van der Waals surface area (Å²) in [6.45, 7) is 0. The van der Waals surface area contributed by atoms with E-state index in [9.17, 15) is 13.2 Å². The number of aromatic nitrogens is 4. The highest BCUT2D eigenvalue weighted by Gasteiger charge is 2.42. The third-order valence-electron chi connectivity index (χ3n) is 5.09. The predicted molar refractivity (Wildman–Crippen MR) is 85.8 cm³/mol. The number of rotatable bonds is 1. The van der Waals surface area contributed by atoms with E-state index in [4.69, 9.17) is 5.26 Å². The lowest BCUT2D eigenvalue weighted by atomic mass is 9.85. The first kappa shape index (κ1) is 15.9. The molecule has 2 heterocycles. The lowest BCUT2D eigenvalue weighted by Gasteiger charge is -2.31. The van der Waals surface area contributed by atoms with E-state index in [-0.39, 0.29) is 18.9 Å². The molecule has 0 unspecified atom stereocenters. The summed E-state index contributed by atoms with van der Waals surface area (Å²) in [5.74, 6) is -1.21. The van der Waals surface area contributed by atoms with Crippen LogP contribution in [0.4, 0.5) is 13.2 Å². The van der Waals surface area contributed by atoms with Crippen LogP contribution in [0.2, 0.25) is 0 Å². The summed E-state index contributed by atoms with van der Waals surface area (Å²) in [7, 11) is 1.71. The maximum Gasteiger partial charge on any atom is 0.391 e. The van der Waals surface area contributed by atoms with E-state index >= 15 is 0 Å². The Bertz CT molecular complexity index is 984. The molecule has 3 aromatic rings. The Balaban J connectivity index is 1.80. The number of aryl methyl sites for hydroxylation is 1. The Hall–Kier alpha value is -2.56. The van der Waals surface area contributed by atoms with Gasteiger partial charge in [-0.2, -0.15) is 28.3 Å². The van der Waals surface area contributed by atoms with E-state index < -0.39 is 12.1 Å². The monoisotopic (exact) mass is 347 g/mol. The van der Waals surface area contributed by atoms with Crippen LogP contribution < -0.4 is 0 Å². The van der Waals surface area contributed by atoms with Crippen LogP contribution in [0.15, 0.2) is 18.2 Å². The van der Waals surface area contributed by atoms with E-state index in [0.717, 1.165) is 10.9 Å². The van der Waals surface area contributed by atoms with E-state index in [0.29, 0.717) is 29.6 Å². The standard InChI is InChI=1S/C17H16F3N5/c1-24-22-15-13-8-10(9-21)2-7-14(13)25(16(15)23-24)12-5-3-11(4-6-12)17(18,19)20/h2,7-8,11-12H,3-6H2,1H3. The molecule has 5 nitrogen and oxygen atoms in total. The van der Waals surface area contributed by atoms with Crippen LogP contribution in [0.25, 0.3) is 22.1 Å². The molecule has 0 amide bonds. The molecular weight excluding hydrogens is 331 g/mol. The molecule has 0 bridgehead atoms. The van der Waals surface area contributed by atoms with E-state index in [1.165, 1.54) is 4.80 Å². The summed E-state index contributed by atoms with van der Waals surface area (Å²) in [6, 6.07) is 7.40. The van der Waals surface area contributed by atoms with Crippen LogP contribution in [-0.2, 0) is 7.05 Å². The summed E-state index contributed by atoms with van der Waals surface area (Å²) in [5.41, 5.74) is 2.76. The fraction of sp³-hybridized carbons (Fsp3) is 0.471. The number of fused-ring (bicyclic) bond motifs is 3. The third-order valence-corrected chi connectivity index (χ3v) is 5.09. The molecule has 25 heavy (non-hydrogen) atoms. The van der Waals surface area contributed by atoms with E-state index in [2.05, 4.69) is 16.3 Å². The average Bonchev–Trinajstić information content (AvgIpc) is 3.08. The van der Waals surface area contributed by atoms with Crippen LogP contribution in [0.5, 0.6) is 0 Å². The summed E-state index contributed by atoms with van der Waals surface area (Å²) >= 11 is 0. The molecular formula is C17H16F3N5. The van der Waals surface area contributed by atoms with Gasteiger partial charge in [0, 0.05) is 18.5 Å². The first-order chi connectivity index (χ1) is 11.9. The lowest BCUT2D eigenvalue weighted by molar-refractivity contribution is -0.183. The molecule has 2 aromatic heterocycles. The molecule has 1 saturated carbocycles. The van der Waals surface area contributed by atoms with Gasteiger partial charge < -0.3 is 4.57 Å². The van der Waals surface area contributed by atoms with Crippen molar-refractivity contribution in [2.45, 2.75) is 37.9 Å². The molecule has 1 fully saturated rings. The maximum atomic E-state index is 12.9. The minimum absolute atomic E-state index is 0.0387. The zero-order valence-corrected chi connectivity index (χ0v) is 13.6. The van der Waals surface area contributed by atoms with Gasteiger partial charge in [0.2, 0.25) is 0 Å². The van der Waals surface area contributed by atoms with Gasteiger partial charge in [-0.25, -0.2) is 0 Å². The van der Waals surface area contributed by atoms with Gasteiger partial charge in [-0.05, 0) is 43.9 Å². The summed E-state index contributed by atoms with van der Waals surface area (Å²) in [6.07, 6.45) is -2.94. The molecule has 0 spiro atoms. The topological polar surface area (TPSA) is 59.4 Å². The number of hydrogen-bond donors (Lipinski definition) is 0. The molecule has 8 heteroatoms. The highest BCUT2D eigenvalue weighted by molar-refractivity contribution is 6.04. The normalized spacial score (nSPS) is 21.7. The van der Waals surface area contributed by atoms with Crippen molar-refractivity contribution in [2.75, 3.05) is 0 Å². The second kappa shape index (κ2) is 5.48. The third kappa shape index (κ3) is 2.54. The number of nitrogens with zero attached hydrogens (tertiary/aromatic N) is 5. The minimum Gasteiger partial charge on any atom is -0.319 e. The SMILES string of the molecule is Cn1nc2c3cc(C#N)ccc3n(C3CCC(C(F)(F)F)CC3)c2n1. The highest BCUT2D eigenvalue weighted by Crippen LogP contribution is 2.43. The number of nitriles is 1. The molecule has 1 aromatic carbocycles. The number of alkyl halides is 3. The fourth-order valence-corrected chi connectivity index (χ4v) is 3.88. The predicted octanol–water partition coefficient (Wildman–Crippen LogP) is 4.09. The Morgan fingerprint density at radius 2 is 1.88 bits per heavy atom.